The standard InChI is InChI=1S/C16H20N2O2S.C7H8O3S/c1-20-16(19)12-10-11-5-6-13(18(11)8-3-7-17)15(12)14-4-2-9-21-14;1-6-2-4-7(5-3-6)11(8,9)10/h2,4,9,11-13,15H,3,5-6,8,10H2,1H3;2-5H,1H3,(H,8,9,10)/t11-,12+,13-,15+;/m1./s1. The van der Waals surface area contributed by atoms with Gasteiger partial charge < -0.3 is 4.74 Å². The molecular formula is C23H28N2O5S2. The number of benzene rings is 1. The molecule has 2 aliphatic rings. The number of nitrogens with zero attached hydrogens (tertiary/aromatic N) is 2. The van der Waals surface area contributed by atoms with Crippen LogP contribution in [0, 0.1) is 24.2 Å². The fourth-order valence-corrected chi connectivity index (χ4v) is 6.24. The molecule has 1 aromatic heterocycles. The van der Waals surface area contributed by atoms with Crippen LogP contribution in [0.15, 0.2) is 46.7 Å². The number of fused-ring (bicyclic) bond motifs is 2. The van der Waals surface area contributed by atoms with Crippen molar-refractivity contribution in [1.82, 2.24) is 4.90 Å². The molecule has 0 amide bonds. The van der Waals surface area contributed by atoms with Crippen molar-refractivity contribution in [2.45, 2.75) is 55.5 Å². The van der Waals surface area contributed by atoms with Gasteiger partial charge >= 0.3 is 5.97 Å². The van der Waals surface area contributed by atoms with E-state index in [0.717, 1.165) is 31.4 Å². The number of nitriles is 1. The molecule has 0 radical (unpaired) electrons. The summed E-state index contributed by atoms with van der Waals surface area (Å²) in [6.07, 6.45) is 3.67. The zero-order chi connectivity index (χ0) is 23.3. The molecule has 0 aliphatic carbocycles. The molecule has 2 saturated heterocycles. The highest BCUT2D eigenvalue weighted by molar-refractivity contribution is 7.85. The summed E-state index contributed by atoms with van der Waals surface area (Å²) in [6, 6.07) is 13.2. The quantitative estimate of drug-likeness (QED) is 0.513. The number of rotatable bonds is 5. The van der Waals surface area contributed by atoms with Crippen LogP contribution in [0.2, 0.25) is 0 Å². The van der Waals surface area contributed by atoms with Crippen molar-refractivity contribution in [2.24, 2.45) is 5.92 Å². The predicted molar refractivity (Wildman–Crippen MR) is 122 cm³/mol. The number of ether oxygens (including phenoxy) is 1. The normalized spacial score (nSPS) is 24.8. The van der Waals surface area contributed by atoms with Gasteiger partial charge in [-0.1, -0.05) is 23.8 Å². The largest absolute Gasteiger partial charge is 0.469 e. The van der Waals surface area contributed by atoms with Gasteiger partial charge in [-0.05, 0) is 49.8 Å². The third kappa shape index (κ3) is 5.56. The summed E-state index contributed by atoms with van der Waals surface area (Å²) in [7, 11) is -2.54. The Morgan fingerprint density at radius 2 is 2.00 bits per heavy atom. The van der Waals surface area contributed by atoms with E-state index < -0.39 is 10.1 Å². The van der Waals surface area contributed by atoms with Crippen molar-refractivity contribution >= 4 is 27.4 Å². The number of piperidine rings is 1. The zero-order valence-electron chi connectivity index (χ0n) is 18.2. The predicted octanol–water partition coefficient (Wildman–Crippen LogP) is 4.01. The zero-order valence-corrected chi connectivity index (χ0v) is 19.8. The number of carbonyl (C=O) groups is 1. The van der Waals surface area contributed by atoms with Crippen molar-refractivity contribution in [3.63, 3.8) is 0 Å². The fraction of sp³-hybridized carbons (Fsp3) is 0.478. The van der Waals surface area contributed by atoms with Gasteiger partial charge in [-0.15, -0.1) is 11.3 Å². The minimum atomic E-state index is -4.02. The minimum absolute atomic E-state index is 0.0375. The SMILES string of the molecule is COC(=O)[C@H]1C[C@H]2CC[C@H]([C@H]1c1cccs1)N2CCC#N.Cc1ccc(S(=O)(=O)O)cc1. The van der Waals surface area contributed by atoms with E-state index in [-0.39, 0.29) is 22.7 Å². The Bertz CT molecular complexity index is 1050. The molecule has 2 aromatic rings. The van der Waals surface area contributed by atoms with Gasteiger partial charge in [-0.25, -0.2) is 0 Å². The lowest BCUT2D eigenvalue weighted by molar-refractivity contribution is -0.149. The summed E-state index contributed by atoms with van der Waals surface area (Å²) < 4.78 is 34.6. The van der Waals surface area contributed by atoms with Gasteiger partial charge in [0.05, 0.1) is 24.0 Å². The van der Waals surface area contributed by atoms with E-state index in [0.29, 0.717) is 18.5 Å². The first-order valence-electron chi connectivity index (χ1n) is 10.5. The van der Waals surface area contributed by atoms with E-state index >= 15 is 0 Å². The minimum Gasteiger partial charge on any atom is -0.469 e. The average molecular weight is 477 g/mol. The smallest absolute Gasteiger partial charge is 0.309 e. The van der Waals surface area contributed by atoms with E-state index in [1.54, 1.807) is 23.5 Å². The molecular weight excluding hydrogens is 448 g/mol. The van der Waals surface area contributed by atoms with Crippen molar-refractivity contribution in [1.29, 1.82) is 5.26 Å². The maximum Gasteiger partial charge on any atom is 0.309 e. The maximum atomic E-state index is 12.2. The molecule has 4 atom stereocenters. The first-order valence-corrected chi connectivity index (χ1v) is 12.9. The van der Waals surface area contributed by atoms with Gasteiger partial charge in [-0.2, -0.15) is 13.7 Å². The molecule has 2 fully saturated rings. The molecule has 9 heteroatoms. The highest BCUT2D eigenvalue weighted by Crippen LogP contribution is 2.48. The van der Waals surface area contributed by atoms with Crippen LogP contribution in [-0.2, 0) is 19.6 Å². The number of aryl methyl sites for hydroxylation is 1. The second-order valence-electron chi connectivity index (χ2n) is 8.14. The number of hydrogen-bond acceptors (Lipinski definition) is 7. The van der Waals surface area contributed by atoms with E-state index in [2.05, 4.69) is 28.5 Å². The first-order chi connectivity index (χ1) is 15.3. The molecule has 0 unspecified atom stereocenters. The lowest BCUT2D eigenvalue weighted by Gasteiger charge is -2.43. The van der Waals surface area contributed by atoms with Gasteiger partial charge in [-0.3, -0.25) is 14.2 Å². The van der Waals surface area contributed by atoms with Gasteiger partial charge in [0.25, 0.3) is 10.1 Å². The lowest BCUT2D eigenvalue weighted by Crippen LogP contribution is -2.49. The van der Waals surface area contributed by atoms with Crippen LogP contribution in [0.3, 0.4) is 0 Å². The third-order valence-electron chi connectivity index (χ3n) is 6.24. The van der Waals surface area contributed by atoms with E-state index in [1.165, 1.54) is 24.1 Å². The number of thiophene rings is 1. The highest BCUT2D eigenvalue weighted by atomic mass is 32.2. The Morgan fingerprint density at radius 1 is 1.28 bits per heavy atom. The van der Waals surface area contributed by atoms with Crippen LogP contribution in [0.4, 0.5) is 0 Å². The first kappa shape index (κ1) is 24.4. The third-order valence-corrected chi connectivity index (χ3v) is 8.08. The molecule has 1 aromatic carbocycles. The summed E-state index contributed by atoms with van der Waals surface area (Å²) in [5, 5.41) is 10.9. The number of carbonyl (C=O) groups excluding carboxylic acids is 1. The highest BCUT2D eigenvalue weighted by Gasteiger charge is 2.50. The van der Waals surface area contributed by atoms with Crippen LogP contribution in [-0.4, -0.2) is 49.6 Å². The van der Waals surface area contributed by atoms with Crippen LogP contribution < -0.4 is 0 Å². The fourth-order valence-electron chi connectivity index (χ4n) is 4.81. The molecule has 2 bridgehead atoms. The second kappa shape index (κ2) is 10.6. The van der Waals surface area contributed by atoms with E-state index in [1.807, 2.05) is 6.92 Å². The van der Waals surface area contributed by atoms with Crippen molar-refractivity contribution < 1.29 is 22.5 Å². The Labute approximate surface area is 193 Å². The summed E-state index contributed by atoms with van der Waals surface area (Å²) in [5.41, 5.74) is 0.956. The summed E-state index contributed by atoms with van der Waals surface area (Å²) >= 11 is 1.73. The Hall–Kier alpha value is -2.25. The van der Waals surface area contributed by atoms with E-state index in [4.69, 9.17) is 14.6 Å². The van der Waals surface area contributed by atoms with Crippen LogP contribution in [0.25, 0.3) is 0 Å². The van der Waals surface area contributed by atoms with Crippen molar-refractivity contribution in [3.05, 3.63) is 52.2 Å². The molecule has 32 heavy (non-hydrogen) atoms. The monoisotopic (exact) mass is 476 g/mol. The molecule has 172 valence electrons. The molecule has 1 N–H and O–H groups in total. The molecule has 0 saturated carbocycles. The molecule has 7 nitrogen and oxygen atoms in total. The summed E-state index contributed by atoms with van der Waals surface area (Å²) in [6.45, 7) is 2.66. The van der Waals surface area contributed by atoms with E-state index in [9.17, 15) is 13.2 Å². The van der Waals surface area contributed by atoms with Gasteiger partial charge in [0.15, 0.2) is 0 Å². The Morgan fingerprint density at radius 3 is 2.56 bits per heavy atom. The number of hydrogen-bond donors (Lipinski definition) is 1. The molecule has 0 spiro atoms. The average Bonchev–Trinajstić information content (AvgIpc) is 3.39. The van der Waals surface area contributed by atoms with Gasteiger partial charge in [0, 0.05) is 35.8 Å². The number of methoxy groups -OCH3 is 1. The van der Waals surface area contributed by atoms with Crippen molar-refractivity contribution in [3.8, 4) is 6.07 Å². The Balaban J connectivity index is 0.000000222. The van der Waals surface area contributed by atoms with Crippen LogP contribution in [0.1, 0.15) is 42.0 Å². The summed E-state index contributed by atoms with van der Waals surface area (Å²) in [4.78, 5) is 15.9. The topological polar surface area (TPSA) is 108 Å². The molecule has 3 heterocycles. The van der Waals surface area contributed by atoms with Crippen molar-refractivity contribution in [2.75, 3.05) is 13.7 Å². The van der Waals surface area contributed by atoms with Gasteiger partial charge in [0.2, 0.25) is 0 Å². The maximum absolute atomic E-state index is 12.2. The Kier molecular flexibility index (Phi) is 8.06. The van der Waals surface area contributed by atoms with Gasteiger partial charge in [0.1, 0.15) is 0 Å². The summed E-state index contributed by atoms with van der Waals surface area (Å²) in [5.74, 6) is 0.101. The van der Waals surface area contributed by atoms with Crippen LogP contribution in [0.5, 0.6) is 0 Å². The molecule has 2 aliphatic heterocycles. The number of esters is 1. The molecule has 4 rings (SSSR count). The lowest BCUT2D eigenvalue weighted by atomic mass is 9.79. The van der Waals surface area contributed by atoms with Crippen LogP contribution >= 0.6 is 11.3 Å². The second-order valence-corrected chi connectivity index (χ2v) is 10.5.